The molecule has 1 aromatic heterocycles. The maximum Gasteiger partial charge on any atom is 0.267 e. The highest BCUT2D eigenvalue weighted by atomic mass is 32.2. The molecule has 2 saturated heterocycles. The monoisotopic (exact) mass is 376 g/mol. The van der Waals surface area contributed by atoms with Crippen LogP contribution >= 0.6 is 0 Å². The van der Waals surface area contributed by atoms with E-state index in [9.17, 15) is 13.5 Å². The van der Waals surface area contributed by atoms with Crippen molar-refractivity contribution in [1.82, 2.24) is 8.87 Å². The molecule has 2 atom stereocenters. The second-order valence-corrected chi connectivity index (χ2v) is 9.14. The second-order valence-electron chi connectivity index (χ2n) is 7.33. The van der Waals surface area contributed by atoms with E-state index in [1.54, 1.807) is 42.6 Å². The molecule has 2 aliphatic rings. The third kappa shape index (κ3) is 2.99. The summed E-state index contributed by atoms with van der Waals surface area (Å²) >= 11 is 0. The number of ether oxygens (including phenoxy) is 1. The van der Waals surface area contributed by atoms with Crippen molar-refractivity contribution >= 4 is 10.0 Å². The molecule has 0 saturated carbocycles. The van der Waals surface area contributed by atoms with E-state index in [4.69, 9.17) is 4.74 Å². The molecule has 4 rings (SSSR count). The molecule has 0 amide bonds. The summed E-state index contributed by atoms with van der Waals surface area (Å²) < 4.78 is 32.8. The van der Waals surface area contributed by atoms with Crippen LogP contribution < -0.4 is 0 Å². The van der Waals surface area contributed by atoms with Crippen LogP contribution in [0.3, 0.4) is 0 Å². The first-order valence-electron chi connectivity index (χ1n) is 8.93. The van der Waals surface area contributed by atoms with E-state index in [1.807, 2.05) is 6.07 Å². The van der Waals surface area contributed by atoms with Gasteiger partial charge in [-0.05, 0) is 30.7 Å². The highest BCUT2D eigenvalue weighted by molar-refractivity contribution is 7.90. The maximum atomic E-state index is 12.9. The van der Waals surface area contributed by atoms with Gasteiger partial charge in [0.2, 0.25) is 0 Å². The number of aliphatic hydroxyl groups is 1. The Labute approximate surface area is 154 Å². The molecule has 26 heavy (non-hydrogen) atoms. The predicted molar refractivity (Wildman–Crippen MR) is 97.2 cm³/mol. The zero-order valence-corrected chi connectivity index (χ0v) is 15.4. The highest BCUT2D eigenvalue weighted by Gasteiger charge is 2.47. The van der Waals surface area contributed by atoms with Gasteiger partial charge in [-0.15, -0.1) is 0 Å². The number of rotatable bonds is 5. The Hall–Kier alpha value is -1.67. The Morgan fingerprint density at radius 3 is 2.73 bits per heavy atom. The number of benzene rings is 1. The standard InChI is InChI=1S/C19H24N2O4S/c22-15-19-8-10-25-13-16(19)11-20(14-19)12-17-5-4-9-21(17)26(23,24)18-6-2-1-3-7-18/h1-7,9,16,22H,8,10-15H2/t16-,19-/m1/s1. The topological polar surface area (TPSA) is 71.8 Å². The van der Waals surface area contributed by atoms with Crippen LogP contribution in [0.4, 0.5) is 0 Å². The average Bonchev–Trinajstić information content (AvgIpc) is 3.27. The molecule has 0 radical (unpaired) electrons. The fourth-order valence-corrected chi connectivity index (χ4v) is 5.62. The first-order valence-corrected chi connectivity index (χ1v) is 10.4. The van der Waals surface area contributed by atoms with Gasteiger partial charge in [0, 0.05) is 49.5 Å². The Kier molecular flexibility index (Phi) is 4.64. The lowest BCUT2D eigenvalue weighted by Gasteiger charge is -2.36. The largest absolute Gasteiger partial charge is 0.396 e. The summed E-state index contributed by atoms with van der Waals surface area (Å²) in [5.41, 5.74) is 0.620. The molecule has 0 bridgehead atoms. The first kappa shape index (κ1) is 17.7. The Morgan fingerprint density at radius 2 is 2.00 bits per heavy atom. The van der Waals surface area contributed by atoms with E-state index < -0.39 is 10.0 Å². The molecule has 2 aromatic rings. The van der Waals surface area contributed by atoms with Crippen molar-refractivity contribution < 1.29 is 18.3 Å². The Morgan fingerprint density at radius 1 is 1.19 bits per heavy atom. The molecule has 0 spiro atoms. The smallest absolute Gasteiger partial charge is 0.267 e. The van der Waals surface area contributed by atoms with Crippen LogP contribution in [0.2, 0.25) is 0 Å². The lowest BCUT2D eigenvalue weighted by Crippen LogP contribution is -2.41. The SMILES string of the molecule is O=S(=O)(c1ccccc1)n1cccc1CN1C[C@@H]2COCC[C@]2(CO)C1. The number of hydrogen-bond donors (Lipinski definition) is 1. The third-order valence-electron chi connectivity index (χ3n) is 5.74. The number of hydrogen-bond acceptors (Lipinski definition) is 5. The number of aliphatic hydroxyl groups excluding tert-OH is 1. The average molecular weight is 376 g/mol. The van der Waals surface area contributed by atoms with Crippen LogP contribution in [-0.4, -0.2) is 55.3 Å². The second kappa shape index (κ2) is 6.81. The van der Waals surface area contributed by atoms with E-state index in [0.29, 0.717) is 25.7 Å². The van der Waals surface area contributed by atoms with Crippen LogP contribution in [0, 0.1) is 11.3 Å². The molecule has 2 fully saturated rings. The van der Waals surface area contributed by atoms with Crippen LogP contribution in [0.15, 0.2) is 53.6 Å². The van der Waals surface area contributed by atoms with Crippen LogP contribution in [-0.2, 0) is 21.3 Å². The minimum Gasteiger partial charge on any atom is -0.396 e. The van der Waals surface area contributed by atoms with Crippen molar-refractivity contribution in [2.75, 3.05) is 32.9 Å². The van der Waals surface area contributed by atoms with Crippen LogP contribution in [0.1, 0.15) is 12.1 Å². The molecule has 6 nitrogen and oxygen atoms in total. The van der Waals surface area contributed by atoms with Crippen LogP contribution in [0.5, 0.6) is 0 Å². The zero-order valence-electron chi connectivity index (χ0n) is 14.6. The maximum absolute atomic E-state index is 12.9. The number of fused-ring (bicyclic) bond motifs is 1. The fraction of sp³-hybridized carbons (Fsp3) is 0.474. The molecule has 1 aromatic carbocycles. The van der Waals surface area contributed by atoms with Gasteiger partial charge < -0.3 is 9.84 Å². The molecular formula is C19H24N2O4S. The molecule has 0 aliphatic carbocycles. The van der Waals surface area contributed by atoms with Gasteiger partial charge in [-0.1, -0.05) is 18.2 Å². The van der Waals surface area contributed by atoms with Gasteiger partial charge in [-0.25, -0.2) is 12.4 Å². The van der Waals surface area contributed by atoms with Gasteiger partial charge in [0.15, 0.2) is 0 Å². The predicted octanol–water partition coefficient (Wildman–Crippen LogP) is 1.56. The number of nitrogens with zero attached hydrogens (tertiary/aromatic N) is 2. The summed E-state index contributed by atoms with van der Waals surface area (Å²) in [6, 6.07) is 12.1. The van der Waals surface area contributed by atoms with Crippen molar-refractivity contribution in [3.05, 3.63) is 54.4 Å². The van der Waals surface area contributed by atoms with E-state index in [2.05, 4.69) is 4.90 Å². The Balaban J connectivity index is 1.57. The summed E-state index contributed by atoms with van der Waals surface area (Å²) in [5, 5.41) is 9.95. The summed E-state index contributed by atoms with van der Waals surface area (Å²) in [5.74, 6) is 0.301. The van der Waals surface area contributed by atoms with Crippen LogP contribution in [0.25, 0.3) is 0 Å². The molecule has 3 heterocycles. The quantitative estimate of drug-likeness (QED) is 0.857. The van der Waals surface area contributed by atoms with Crippen molar-refractivity contribution in [3.8, 4) is 0 Å². The molecule has 0 unspecified atom stereocenters. The van der Waals surface area contributed by atoms with Gasteiger partial charge >= 0.3 is 0 Å². The van der Waals surface area contributed by atoms with E-state index in [-0.39, 0.29) is 16.9 Å². The highest BCUT2D eigenvalue weighted by Crippen LogP contribution is 2.42. The molecule has 1 N–H and O–H groups in total. The lowest BCUT2D eigenvalue weighted by atomic mass is 9.75. The summed E-state index contributed by atoms with van der Waals surface area (Å²) in [6.07, 6.45) is 2.46. The summed E-state index contributed by atoms with van der Waals surface area (Å²) in [6.45, 7) is 3.63. The van der Waals surface area contributed by atoms with Gasteiger partial charge in [-0.2, -0.15) is 0 Å². The van der Waals surface area contributed by atoms with E-state index in [1.165, 1.54) is 3.97 Å². The normalized spacial score (nSPS) is 26.7. The van der Waals surface area contributed by atoms with Gasteiger partial charge in [0.05, 0.1) is 18.1 Å². The number of aromatic nitrogens is 1. The van der Waals surface area contributed by atoms with Gasteiger partial charge in [0.1, 0.15) is 0 Å². The van der Waals surface area contributed by atoms with E-state index in [0.717, 1.165) is 25.2 Å². The molecule has 140 valence electrons. The Bertz CT molecular complexity index is 865. The summed E-state index contributed by atoms with van der Waals surface area (Å²) in [4.78, 5) is 2.52. The number of likely N-dealkylation sites (tertiary alicyclic amines) is 1. The minimum absolute atomic E-state index is 0.117. The molecule has 2 aliphatic heterocycles. The lowest BCUT2D eigenvalue weighted by molar-refractivity contribution is -0.0417. The first-order chi connectivity index (χ1) is 12.5. The molecule has 7 heteroatoms. The zero-order chi connectivity index (χ0) is 18.2. The van der Waals surface area contributed by atoms with Gasteiger partial charge in [-0.3, -0.25) is 4.90 Å². The van der Waals surface area contributed by atoms with E-state index >= 15 is 0 Å². The van der Waals surface area contributed by atoms with Crippen molar-refractivity contribution in [2.24, 2.45) is 11.3 Å². The minimum atomic E-state index is -3.60. The van der Waals surface area contributed by atoms with Crippen molar-refractivity contribution in [2.45, 2.75) is 17.9 Å². The fourth-order valence-electron chi connectivity index (χ4n) is 4.23. The van der Waals surface area contributed by atoms with Crippen molar-refractivity contribution in [1.29, 1.82) is 0 Å². The van der Waals surface area contributed by atoms with Crippen molar-refractivity contribution in [3.63, 3.8) is 0 Å². The van der Waals surface area contributed by atoms with Gasteiger partial charge in [0.25, 0.3) is 10.0 Å². The summed E-state index contributed by atoms with van der Waals surface area (Å²) in [7, 11) is -3.60. The third-order valence-corrected chi connectivity index (χ3v) is 7.48. The molecular weight excluding hydrogens is 352 g/mol.